The second kappa shape index (κ2) is 9.05. The minimum absolute atomic E-state index is 0.122. The number of urea groups is 1. The van der Waals surface area contributed by atoms with Gasteiger partial charge in [0.25, 0.3) is 0 Å². The van der Waals surface area contributed by atoms with Crippen LogP contribution < -0.4 is 14.8 Å². The molecule has 152 valence electrons. The van der Waals surface area contributed by atoms with Crippen molar-refractivity contribution in [2.45, 2.75) is 19.1 Å². The molecule has 0 saturated carbocycles. The number of halogens is 4. The van der Waals surface area contributed by atoms with E-state index >= 15 is 0 Å². The van der Waals surface area contributed by atoms with Crippen molar-refractivity contribution in [2.75, 3.05) is 26.1 Å². The molecule has 0 radical (unpaired) electrons. The number of anilines is 1. The quantitative estimate of drug-likeness (QED) is 0.675. The Labute approximate surface area is 166 Å². The number of hydrogen-bond donors (Lipinski definition) is 1. The van der Waals surface area contributed by atoms with Crippen molar-refractivity contribution >= 4 is 23.3 Å². The van der Waals surface area contributed by atoms with Gasteiger partial charge in [-0.05, 0) is 36.8 Å². The third-order valence-corrected chi connectivity index (χ3v) is 4.27. The number of nitrogens with one attached hydrogen (secondary N) is 1. The van der Waals surface area contributed by atoms with Crippen LogP contribution in [0, 0.1) is 0 Å². The van der Waals surface area contributed by atoms with Gasteiger partial charge in [0.05, 0.1) is 13.2 Å². The maximum absolute atomic E-state index is 12.5. The fraction of sp³-hybridized carbons (Fsp3) is 0.316. The van der Waals surface area contributed by atoms with Gasteiger partial charge in [-0.3, -0.25) is 0 Å². The minimum Gasteiger partial charge on any atom is -0.493 e. The summed E-state index contributed by atoms with van der Waals surface area (Å²) in [5.41, 5.74) is 1.11. The van der Waals surface area contributed by atoms with Crippen molar-refractivity contribution in [2.24, 2.45) is 0 Å². The predicted molar refractivity (Wildman–Crippen MR) is 101 cm³/mol. The lowest BCUT2D eigenvalue weighted by atomic mass is 10.1. The number of carbonyl (C=O) groups excluding carboxylic acids is 1. The Morgan fingerprint density at radius 3 is 2.54 bits per heavy atom. The zero-order chi connectivity index (χ0) is 20.9. The van der Waals surface area contributed by atoms with Crippen LogP contribution in [0.5, 0.6) is 11.5 Å². The first-order chi connectivity index (χ1) is 13.1. The molecule has 2 aromatic rings. The number of benzene rings is 2. The van der Waals surface area contributed by atoms with Crippen molar-refractivity contribution in [3.05, 3.63) is 53.1 Å². The maximum Gasteiger partial charge on any atom is 0.422 e. The lowest BCUT2D eigenvalue weighted by Gasteiger charge is -2.26. The van der Waals surface area contributed by atoms with Crippen LogP contribution in [0.3, 0.4) is 0 Å². The highest BCUT2D eigenvalue weighted by Crippen LogP contribution is 2.32. The minimum atomic E-state index is -4.49. The summed E-state index contributed by atoms with van der Waals surface area (Å²) in [6, 6.07) is 10.6. The van der Waals surface area contributed by atoms with Gasteiger partial charge in [0, 0.05) is 23.8 Å². The molecule has 0 heterocycles. The van der Waals surface area contributed by atoms with Crippen LogP contribution in [0.1, 0.15) is 18.5 Å². The lowest BCUT2D eigenvalue weighted by Crippen LogP contribution is -2.33. The highest BCUT2D eigenvalue weighted by Gasteiger charge is 2.29. The maximum atomic E-state index is 12.5. The van der Waals surface area contributed by atoms with E-state index in [4.69, 9.17) is 21.1 Å². The van der Waals surface area contributed by atoms with Crippen LogP contribution in [0.4, 0.5) is 23.7 Å². The molecule has 0 aliphatic rings. The van der Waals surface area contributed by atoms with Crippen molar-refractivity contribution in [1.82, 2.24) is 4.90 Å². The van der Waals surface area contributed by atoms with Gasteiger partial charge in [-0.15, -0.1) is 0 Å². The Morgan fingerprint density at radius 1 is 1.21 bits per heavy atom. The first kappa shape index (κ1) is 21.7. The van der Waals surface area contributed by atoms with Crippen LogP contribution in [0.25, 0.3) is 0 Å². The number of amides is 2. The van der Waals surface area contributed by atoms with E-state index in [-0.39, 0.29) is 23.2 Å². The second-order valence-corrected chi connectivity index (χ2v) is 6.48. The fourth-order valence-electron chi connectivity index (χ4n) is 2.40. The molecule has 1 atom stereocenters. The van der Waals surface area contributed by atoms with E-state index in [0.717, 1.165) is 5.56 Å². The Bertz CT molecular complexity index is 830. The summed E-state index contributed by atoms with van der Waals surface area (Å²) in [4.78, 5) is 14.0. The van der Waals surface area contributed by atoms with E-state index in [1.807, 2.05) is 13.0 Å². The standard InChI is InChI=1S/C19H20ClF3N2O3/c1-12(13-5-4-6-14(20)9-13)25(2)18(26)24-15-7-8-16(27-3)17(10-15)28-11-19(21,22)23/h4-10,12H,11H2,1-3H3,(H,24,26). The number of ether oxygens (including phenoxy) is 2. The molecule has 0 aromatic heterocycles. The number of rotatable bonds is 6. The molecule has 0 spiro atoms. The highest BCUT2D eigenvalue weighted by molar-refractivity contribution is 6.30. The van der Waals surface area contributed by atoms with Gasteiger partial charge >= 0.3 is 12.2 Å². The first-order valence-electron chi connectivity index (χ1n) is 8.27. The van der Waals surface area contributed by atoms with E-state index in [0.29, 0.717) is 5.02 Å². The van der Waals surface area contributed by atoms with E-state index in [9.17, 15) is 18.0 Å². The Hall–Kier alpha value is -2.61. The zero-order valence-corrected chi connectivity index (χ0v) is 16.3. The first-order valence-corrected chi connectivity index (χ1v) is 8.65. The van der Waals surface area contributed by atoms with Gasteiger partial charge in [-0.1, -0.05) is 23.7 Å². The van der Waals surface area contributed by atoms with Crippen LogP contribution in [-0.4, -0.2) is 37.9 Å². The Balaban J connectivity index is 2.12. The van der Waals surface area contributed by atoms with Crippen molar-refractivity contribution in [3.8, 4) is 11.5 Å². The van der Waals surface area contributed by atoms with Crippen LogP contribution in [-0.2, 0) is 0 Å². The molecule has 9 heteroatoms. The van der Waals surface area contributed by atoms with Crippen LogP contribution in [0.15, 0.2) is 42.5 Å². The summed E-state index contributed by atoms with van der Waals surface area (Å²) in [6.45, 7) is 0.365. The third kappa shape index (κ3) is 5.95. The molecule has 1 N–H and O–H groups in total. The Morgan fingerprint density at radius 2 is 1.93 bits per heavy atom. The van der Waals surface area contributed by atoms with E-state index in [1.54, 1.807) is 25.2 Å². The highest BCUT2D eigenvalue weighted by atomic mass is 35.5. The predicted octanol–water partition coefficient (Wildman–Crippen LogP) is 5.51. The number of alkyl halides is 3. The van der Waals surface area contributed by atoms with Gasteiger partial charge in [-0.2, -0.15) is 13.2 Å². The molecule has 2 rings (SSSR count). The largest absolute Gasteiger partial charge is 0.493 e. The molecule has 28 heavy (non-hydrogen) atoms. The topological polar surface area (TPSA) is 50.8 Å². The van der Waals surface area contributed by atoms with E-state index in [1.165, 1.54) is 30.2 Å². The summed E-state index contributed by atoms with van der Waals surface area (Å²) in [5, 5.41) is 3.19. The Kier molecular flexibility index (Phi) is 7.01. The fourth-order valence-corrected chi connectivity index (χ4v) is 2.60. The summed E-state index contributed by atoms with van der Waals surface area (Å²) >= 11 is 5.99. The molecule has 0 bridgehead atoms. The average Bonchev–Trinajstić information content (AvgIpc) is 2.64. The van der Waals surface area contributed by atoms with Gasteiger partial charge in [-0.25, -0.2) is 4.79 Å². The molecule has 2 aromatic carbocycles. The number of hydrogen-bond acceptors (Lipinski definition) is 3. The zero-order valence-electron chi connectivity index (χ0n) is 15.5. The smallest absolute Gasteiger partial charge is 0.422 e. The number of methoxy groups -OCH3 is 1. The summed E-state index contributed by atoms with van der Waals surface area (Å²) in [5.74, 6) is 0.00562. The van der Waals surface area contributed by atoms with Gasteiger partial charge in [0.2, 0.25) is 0 Å². The van der Waals surface area contributed by atoms with Crippen molar-refractivity contribution < 1.29 is 27.4 Å². The summed E-state index contributed by atoms with van der Waals surface area (Å²) in [7, 11) is 2.92. The average molecular weight is 417 g/mol. The number of carbonyl (C=O) groups is 1. The van der Waals surface area contributed by atoms with Crippen LogP contribution >= 0.6 is 11.6 Å². The molecule has 0 saturated heterocycles. The normalized spacial score (nSPS) is 12.2. The van der Waals surface area contributed by atoms with Crippen LogP contribution in [0.2, 0.25) is 5.02 Å². The second-order valence-electron chi connectivity index (χ2n) is 6.04. The van der Waals surface area contributed by atoms with Crippen molar-refractivity contribution in [3.63, 3.8) is 0 Å². The summed E-state index contributed by atoms with van der Waals surface area (Å²) < 4.78 is 47.0. The van der Waals surface area contributed by atoms with E-state index in [2.05, 4.69) is 5.32 Å². The molecule has 2 amide bonds. The molecular weight excluding hydrogens is 397 g/mol. The monoisotopic (exact) mass is 416 g/mol. The molecular formula is C19H20ClF3N2O3. The number of nitrogens with zero attached hydrogens (tertiary/aromatic N) is 1. The molecule has 0 aliphatic carbocycles. The lowest BCUT2D eigenvalue weighted by molar-refractivity contribution is -0.153. The molecule has 0 fully saturated rings. The molecule has 0 aliphatic heterocycles. The van der Waals surface area contributed by atoms with Gasteiger partial charge in [0.1, 0.15) is 0 Å². The SMILES string of the molecule is COc1ccc(NC(=O)N(C)C(C)c2cccc(Cl)c2)cc1OCC(F)(F)F. The summed E-state index contributed by atoms with van der Waals surface area (Å²) in [6.07, 6.45) is -4.49. The van der Waals surface area contributed by atoms with E-state index < -0.39 is 18.8 Å². The van der Waals surface area contributed by atoms with Gasteiger partial charge < -0.3 is 19.7 Å². The van der Waals surface area contributed by atoms with Gasteiger partial charge in [0.15, 0.2) is 18.1 Å². The van der Waals surface area contributed by atoms with Crippen molar-refractivity contribution in [1.29, 1.82) is 0 Å². The molecule has 1 unspecified atom stereocenters. The third-order valence-electron chi connectivity index (χ3n) is 4.04. The molecule has 5 nitrogen and oxygen atoms in total.